The second kappa shape index (κ2) is 8.36. The van der Waals surface area contributed by atoms with Crippen LogP contribution in [0, 0.1) is 11.3 Å². The fourth-order valence-corrected chi connectivity index (χ4v) is 2.34. The second-order valence-electron chi connectivity index (χ2n) is 5.61. The predicted molar refractivity (Wildman–Crippen MR) is 98.8 cm³/mol. The SMILES string of the molecule is N#Cc1cccc(NC(=O)c2cc(C(=O)NCc3ccncc3)ccn2)c1. The van der Waals surface area contributed by atoms with Crippen LogP contribution in [0.4, 0.5) is 5.69 Å². The Balaban J connectivity index is 1.68. The van der Waals surface area contributed by atoms with Gasteiger partial charge < -0.3 is 10.6 Å². The minimum absolute atomic E-state index is 0.105. The number of nitriles is 1. The van der Waals surface area contributed by atoms with Crippen molar-refractivity contribution >= 4 is 17.5 Å². The summed E-state index contributed by atoms with van der Waals surface area (Å²) in [5, 5.41) is 14.4. The lowest BCUT2D eigenvalue weighted by atomic mass is 10.2. The summed E-state index contributed by atoms with van der Waals surface area (Å²) in [6.07, 6.45) is 4.71. The van der Waals surface area contributed by atoms with Crippen LogP contribution in [0.1, 0.15) is 32.0 Å². The van der Waals surface area contributed by atoms with Crippen molar-refractivity contribution in [3.63, 3.8) is 0 Å². The number of benzene rings is 1. The molecule has 0 fully saturated rings. The summed E-state index contributed by atoms with van der Waals surface area (Å²) in [5.41, 5.74) is 2.27. The van der Waals surface area contributed by atoms with Crippen LogP contribution in [0.5, 0.6) is 0 Å². The van der Waals surface area contributed by atoms with Gasteiger partial charge in [0.25, 0.3) is 11.8 Å². The molecule has 2 heterocycles. The second-order valence-corrected chi connectivity index (χ2v) is 5.61. The fourth-order valence-electron chi connectivity index (χ4n) is 2.34. The van der Waals surface area contributed by atoms with Crippen LogP contribution in [-0.4, -0.2) is 21.8 Å². The molecule has 1 aromatic carbocycles. The third kappa shape index (κ3) is 4.74. The molecule has 0 aliphatic rings. The van der Waals surface area contributed by atoms with Crippen LogP contribution in [0.3, 0.4) is 0 Å². The molecule has 0 saturated heterocycles. The Bertz CT molecular complexity index is 1010. The van der Waals surface area contributed by atoms with Gasteiger partial charge in [-0.3, -0.25) is 19.6 Å². The van der Waals surface area contributed by atoms with Gasteiger partial charge in [-0.2, -0.15) is 5.26 Å². The van der Waals surface area contributed by atoms with Gasteiger partial charge in [-0.25, -0.2) is 0 Å². The minimum Gasteiger partial charge on any atom is -0.348 e. The minimum atomic E-state index is -0.464. The Morgan fingerprint density at radius 1 is 1.00 bits per heavy atom. The van der Waals surface area contributed by atoms with Gasteiger partial charge in [0.15, 0.2) is 0 Å². The average Bonchev–Trinajstić information content (AvgIpc) is 2.73. The first-order chi connectivity index (χ1) is 13.2. The van der Waals surface area contributed by atoms with Crippen LogP contribution in [0.25, 0.3) is 0 Å². The van der Waals surface area contributed by atoms with Crippen molar-refractivity contribution in [2.24, 2.45) is 0 Å². The van der Waals surface area contributed by atoms with Crippen LogP contribution in [0.2, 0.25) is 0 Å². The summed E-state index contributed by atoms with van der Waals surface area (Å²) in [5.74, 6) is -0.774. The lowest BCUT2D eigenvalue weighted by Crippen LogP contribution is -2.23. The zero-order chi connectivity index (χ0) is 19.1. The molecule has 3 aromatic rings. The highest BCUT2D eigenvalue weighted by molar-refractivity contribution is 6.04. The molecule has 7 nitrogen and oxygen atoms in total. The molecule has 3 rings (SSSR count). The smallest absolute Gasteiger partial charge is 0.274 e. The molecule has 7 heteroatoms. The van der Waals surface area contributed by atoms with E-state index in [1.807, 2.05) is 6.07 Å². The number of nitrogens with zero attached hydrogens (tertiary/aromatic N) is 3. The Labute approximate surface area is 155 Å². The Kier molecular flexibility index (Phi) is 5.50. The van der Waals surface area contributed by atoms with Crippen molar-refractivity contribution in [3.05, 3.63) is 89.5 Å². The molecule has 0 aliphatic heterocycles. The monoisotopic (exact) mass is 357 g/mol. The number of rotatable bonds is 5. The normalized spacial score (nSPS) is 9.89. The Morgan fingerprint density at radius 3 is 2.59 bits per heavy atom. The summed E-state index contributed by atoms with van der Waals surface area (Å²) in [4.78, 5) is 32.6. The van der Waals surface area contributed by atoms with Gasteiger partial charge in [0.1, 0.15) is 5.69 Å². The Morgan fingerprint density at radius 2 is 1.81 bits per heavy atom. The van der Waals surface area contributed by atoms with Gasteiger partial charge in [0.05, 0.1) is 11.6 Å². The fraction of sp³-hybridized carbons (Fsp3) is 0.0500. The molecule has 0 atom stereocenters. The van der Waals surface area contributed by atoms with Crippen LogP contribution in [0.15, 0.2) is 67.1 Å². The molecule has 27 heavy (non-hydrogen) atoms. The van der Waals surface area contributed by atoms with E-state index < -0.39 is 5.91 Å². The number of carbonyl (C=O) groups excluding carboxylic acids is 2. The van der Waals surface area contributed by atoms with E-state index in [0.717, 1.165) is 5.56 Å². The maximum atomic E-state index is 12.4. The van der Waals surface area contributed by atoms with Crippen molar-refractivity contribution in [2.75, 3.05) is 5.32 Å². The molecule has 0 spiro atoms. The van der Waals surface area contributed by atoms with E-state index in [4.69, 9.17) is 5.26 Å². The van der Waals surface area contributed by atoms with Crippen LogP contribution >= 0.6 is 0 Å². The lowest BCUT2D eigenvalue weighted by molar-refractivity contribution is 0.0950. The third-order valence-electron chi connectivity index (χ3n) is 3.71. The first-order valence-corrected chi connectivity index (χ1v) is 8.10. The van der Waals surface area contributed by atoms with Crippen molar-refractivity contribution in [1.82, 2.24) is 15.3 Å². The lowest BCUT2D eigenvalue weighted by Gasteiger charge is -2.08. The number of nitrogens with one attached hydrogen (secondary N) is 2. The highest BCUT2D eigenvalue weighted by Crippen LogP contribution is 2.12. The van der Waals surface area contributed by atoms with Crippen molar-refractivity contribution in [3.8, 4) is 6.07 Å². The van der Waals surface area contributed by atoms with Crippen molar-refractivity contribution in [2.45, 2.75) is 6.54 Å². The third-order valence-corrected chi connectivity index (χ3v) is 3.71. The molecule has 0 aliphatic carbocycles. The van der Waals surface area contributed by atoms with E-state index in [1.54, 1.807) is 48.8 Å². The number of amides is 2. The number of hydrogen-bond acceptors (Lipinski definition) is 5. The first kappa shape index (κ1) is 17.8. The largest absolute Gasteiger partial charge is 0.348 e. The molecule has 0 saturated carbocycles. The molecule has 2 N–H and O–H groups in total. The zero-order valence-electron chi connectivity index (χ0n) is 14.2. The molecule has 0 radical (unpaired) electrons. The highest BCUT2D eigenvalue weighted by atomic mass is 16.2. The summed E-state index contributed by atoms with van der Waals surface area (Å²) >= 11 is 0. The van der Waals surface area contributed by atoms with Gasteiger partial charge >= 0.3 is 0 Å². The zero-order valence-corrected chi connectivity index (χ0v) is 14.2. The number of carbonyl (C=O) groups is 2. The highest BCUT2D eigenvalue weighted by Gasteiger charge is 2.12. The maximum Gasteiger partial charge on any atom is 0.274 e. The van der Waals surface area contributed by atoms with E-state index in [-0.39, 0.29) is 11.6 Å². The molecule has 132 valence electrons. The molecular weight excluding hydrogens is 342 g/mol. The summed E-state index contributed by atoms with van der Waals surface area (Å²) < 4.78 is 0. The van der Waals surface area contributed by atoms with E-state index >= 15 is 0 Å². The number of hydrogen-bond donors (Lipinski definition) is 2. The Hall–Kier alpha value is -4.05. The van der Waals surface area contributed by atoms with Gasteiger partial charge in [-0.05, 0) is 48.0 Å². The predicted octanol–water partition coefficient (Wildman–Crippen LogP) is 2.53. The van der Waals surface area contributed by atoms with Gasteiger partial charge in [0, 0.05) is 36.4 Å². The van der Waals surface area contributed by atoms with E-state index in [2.05, 4.69) is 20.6 Å². The molecule has 0 bridgehead atoms. The molecule has 2 amide bonds. The molecular formula is C20H15N5O2. The van der Waals surface area contributed by atoms with Gasteiger partial charge in [-0.15, -0.1) is 0 Å². The van der Waals surface area contributed by atoms with Crippen LogP contribution < -0.4 is 10.6 Å². The van der Waals surface area contributed by atoms with Gasteiger partial charge in [0.2, 0.25) is 0 Å². The molecule has 2 aromatic heterocycles. The molecule has 0 unspecified atom stereocenters. The van der Waals surface area contributed by atoms with Crippen LogP contribution in [-0.2, 0) is 6.54 Å². The van der Waals surface area contributed by atoms with E-state index in [1.165, 1.54) is 18.3 Å². The summed E-state index contributed by atoms with van der Waals surface area (Å²) in [6.45, 7) is 0.353. The number of aromatic nitrogens is 2. The standard InChI is InChI=1S/C20H15N5O2/c21-12-15-2-1-3-17(10-15)25-20(27)18-11-16(6-9-23-18)19(26)24-13-14-4-7-22-8-5-14/h1-11H,13H2,(H,24,26)(H,25,27). The first-order valence-electron chi connectivity index (χ1n) is 8.10. The average molecular weight is 357 g/mol. The quantitative estimate of drug-likeness (QED) is 0.729. The van der Waals surface area contributed by atoms with Crippen molar-refractivity contribution in [1.29, 1.82) is 5.26 Å². The maximum absolute atomic E-state index is 12.4. The topological polar surface area (TPSA) is 108 Å². The van der Waals surface area contributed by atoms with E-state index in [9.17, 15) is 9.59 Å². The number of anilines is 1. The summed E-state index contributed by atoms with van der Waals surface area (Å²) in [7, 11) is 0. The van der Waals surface area contributed by atoms with Gasteiger partial charge in [-0.1, -0.05) is 6.07 Å². The van der Waals surface area contributed by atoms with E-state index in [0.29, 0.717) is 23.4 Å². The number of pyridine rings is 2. The van der Waals surface area contributed by atoms with Crippen molar-refractivity contribution < 1.29 is 9.59 Å². The summed E-state index contributed by atoms with van der Waals surface area (Å²) in [6, 6.07) is 15.1.